The summed E-state index contributed by atoms with van der Waals surface area (Å²) in [5.41, 5.74) is 1.34. The molecule has 2 rings (SSSR count). The summed E-state index contributed by atoms with van der Waals surface area (Å²) in [7, 11) is 0. The van der Waals surface area contributed by atoms with Crippen molar-refractivity contribution in [3.63, 3.8) is 0 Å². The molecule has 1 unspecified atom stereocenters. The van der Waals surface area contributed by atoms with Crippen molar-refractivity contribution in [2.75, 3.05) is 26.4 Å². The Hall–Kier alpha value is -1.40. The Balaban J connectivity index is 2.08. The molecule has 0 saturated carbocycles. The van der Waals surface area contributed by atoms with Gasteiger partial charge in [-0.15, -0.1) is 0 Å². The van der Waals surface area contributed by atoms with Crippen LogP contribution in [0.1, 0.15) is 61.8 Å². The predicted octanol–water partition coefficient (Wildman–Crippen LogP) is 2.07. The van der Waals surface area contributed by atoms with Crippen LogP contribution in [0.5, 0.6) is 0 Å². The van der Waals surface area contributed by atoms with Crippen LogP contribution in [0.15, 0.2) is 6.07 Å². The Morgan fingerprint density at radius 1 is 1.52 bits per heavy atom. The zero-order valence-electron chi connectivity index (χ0n) is 14.5. The van der Waals surface area contributed by atoms with Gasteiger partial charge in [0.25, 0.3) is 5.91 Å². The first kappa shape index (κ1) is 17.9. The van der Waals surface area contributed by atoms with Gasteiger partial charge in [-0.1, -0.05) is 13.8 Å². The number of nitrogens with one attached hydrogen (secondary N) is 1. The van der Waals surface area contributed by atoms with Crippen LogP contribution >= 0.6 is 0 Å². The summed E-state index contributed by atoms with van der Waals surface area (Å²) in [4.78, 5) is 12.6. The maximum atomic E-state index is 12.6. The topological polar surface area (TPSA) is 76.4 Å². The van der Waals surface area contributed by atoms with Gasteiger partial charge in [0.15, 0.2) is 0 Å². The molecular formula is C17H29N3O3. The third kappa shape index (κ3) is 4.12. The Morgan fingerprint density at radius 2 is 2.26 bits per heavy atom. The number of amides is 1. The average Bonchev–Trinajstić information content (AvgIpc) is 3.14. The summed E-state index contributed by atoms with van der Waals surface area (Å²) in [5, 5.41) is 16.8. The van der Waals surface area contributed by atoms with E-state index >= 15 is 0 Å². The number of rotatable bonds is 8. The highest BCUT2D eigenvalue weighted by atomic mass is 16.5. The van der Waals surface area contributed by atoms with E-state index in [0.717, 1.165) is 25.0 Å². The molecule has 0 spiro atoms. The van der Waals surface area contributed by atoms with Gasteiger partial charge in [0.2, 0.25) is 0 Å². The monoisotopic (exact) mass is 323 g/mol. The van der Waals surface area contributed by atoms with Gasteiger partial charge in [-0.05, 0) is 38.7 Å². The highest BCUT2D eigenvalue weighted by Gasteiger charge is 2.35. The molecule has 1 aliphatic rings. The molecule has 1 amide bonds. The number of carbonyl (C=O) groups excluding carboxylic acids is 1. The maximum Gasteiger partial charge on any atom is 0.269 e. The number of aliphatic hydroxyl groups excluding tert-OH is 1. The van der Waals surface area contributed by atoms with Crippen molar-refractivity contribution in [2.24, 2.45) is 5.41 Å². The predicted molar refractivity (Wildman–Crippen MR) is 88.5 cm³/mol. The minimum Gasteiger partial charge on any atom is -0.396 e. The quantitative estimate of drug-likeness (QED) is 0.768. The van der Waals surface area contributed by atoms with Crippen LogP contribution in [-0.2, 0) is 4.74 Å². The van der Waals surface area contributed by atoms with Gasteiger partial charge in [0, 0.05) is 25.2 Å². The molecule has 1 fully saturated rings. The minimum absolute atomic E-state index is 0.0956. The number of hydrogen-bond donors (Lipinski definition) is 2. The Labute approximate surface area is 138 Å². The van der Waals surface area contributed by atoms with E-state index < -0.39 is 0 Å². The standard InChI is InChI=1S/C17H29N3O3/c1-4-14(5-2)20-15(10-13(3)19-20)16(22)18-11-17(6-8-21)7-9-23-12-17/h10,14,21H,4-9,11-12H2,1-3H3,(H,18,22). The van der Waals surface area contributed by atoms with E-state index in [0.29, 0.717) is 31.9 Å². The number of aryl methyl sites for hydroxylation is 1. The molecule has 0 bridgehead atoms. The molecule has 0 radical (unpaired) electrons. The van der Waals surface area contributed by atoms with Crippen molar-refractivity contribution in [3.8, 4) is 0 Å². The summed E-state index contributed by atoms with van der Waals surface area (Å²) in [5.74, 6) is -0.0956. The molecular weight excluding hydrogens is 294 g/mol. The van der Waals surface area contributed by atoms with Gasteiger partial charge >= 0.3 is 0 Å². The average molecular weight is 323 g/mol. The molecule has 0 aliphatic carbocycles. The lowest BCUT2D eigenvalue weighted by Gasteiger charge is -2.27. The van der Waals surface area contributed by atoms with Crippen LogP contribution < -0.4 is 5.32 Å². The Bertz CT molecular complexity index is 517. The molecule has 1 aromatic rings. The van der Waals surface area contributed by atoms with E-state index in [9.17, 15) is 9.90 Å². The molecule has 2 heterocycles. The molecule has 23 heavy (non-hydrogen) atoms. The summed E-state index contributed by atoms with van der Waals surface area (Å²) in [6.45, 7) is 8.06. The minimum atomic E-state index is -0.140. The first-order valence-electron chi connectivity index (χ1n) is 8.58. The largest absolute Gasteiger partial charge is 0.396 e. The molecule has 0 aromatic carbocycles. The van der Waals surface area contributed by atoms with Crippen LogP contribution in [0.2, 0.25) is 0 Å². The molecule has 1 saturated heterocycles. The fourth-order valence-electron chi connectivity index (χ4n) is 3.27. The third-order valence-electron chi connectivity index (χ3n) is 4.83. The van der Waals surface area contributed by atoms with Crippen molar-refractivity contribution in [3.05, 3.63) is 17.5 Å². The fourth-order valence-corrected chi connectivity index (χ4v) is 3.27. The number of aromatic nitrogens is 2. The van der Waals surface area contributed by atoms with Crippen molar-refractivity contribution in [2.45, 2.75) is 52.5 Å². The van der Waals surface area contributed by atoms with E-state index in [-0.39, 0.29) is 24.0 Å². The number of ether oxygens (including phenoxy) is 1. The van der Waals surface area contributed by atoms with E-state index in [2.05, 4.69) is 24.3 Å². The molecule has 6 nitrogen and oxygen atoms in total. The van der Waals surface area contributed by atoms with Gasteiger partial charge in [0.05, 0.1) is 18.3 Å². The fraction of sp³-hybridized carbons (Fsp3) is 0.765. The molecule has 1 aliphatic heterocycles. The van der Waals surface area contributed by atoms with E-state index in [1.807, 2.05) is 17.7 Å². The van der Waals surface area contributed by atoms with Crippen molar-refractivity contribution < 1.29 is 14.6 Å². The first-order valence-corrected chi connectivity index (χ1v) is 8.58. The highest BCUT2D eigenvalue weighted by Crippen LogP contribution is 2.31. The third-order valence-corrected chi connectivity index (χ3v) is 4.83. The molecule has 1 aromatic heterocycles. The summed E-state index contributed by atoms with van der Waals surface area (Å²) in [6, 6.07) is 2.09. The maximum absolute atomic E-state index is 12.6. The zero-order chi connectivity index (χ0) is 16.9. The number of nitrogens with zero attached hydrogens (tertiary/aromatic N) is 2. The number of aliphatic hydroxyl groups is 1. The van der Waals surface area contributed by atoms with E-state index in [1.165, 1.54) is 0 Å². The summed E-state index contributed by atoms with van der Waals surface area (Å²) < 4.78 is 7.33. The molecule has 1 atom stereocenters. The molecule has 6 heteroatoms. The van der Waals surface area contributed by atoms with Crippen molar-refractivity contribution in [1.29, 1.82) is 0 Å². The lowest BCUT2D eigenvalue weighted by molar-refractivity contribution is 0.0876. The lowest BCUT2D eigenvalue weighted by Crippen LogP contribution is -2.39. The Morgan fingerprint density at radius 3 is 2.83 bits per heavy atom. The van der Waals surface area contributed by atoms with Crippen LogP contribution in [0, 0.1) is 12.3 Å². The van der Waals surface area contributed by atoms with Crippen LogP contribution in [-0.4, -0.2) is 47.2 Å². The second-order valence-electron chi connectivity index (χ2n) is 6.54. The number of hydrogen-bond acceptors (Lipinski definition) is 4. The summed E-state index contributed by atoms with van der Waals surface area (Å²) >= 11 is 0. The van der Waals surface area contributed by atoms with E-state index in [1.54, 1.807) is 0 Å². The molecule has 2 N–H and O–H groups in total. The smallest absolute Gasteiger partial charge is 0.269 e. The first-order chi connectivity index (χ1) is 11.0. The van der Waals surface area contributed by atoms with Gasteiger partial charge in [-0.2, -0.15) is 5.10 Å². The lowest BCUT2D eigenvalue weighted by atomic mass is 9.84. The summed E-state index contributed by atoms with van der Waals surface area (Å²) in [6.07, 6.45) is 3.41. The number of carbonyl (C=O) groups is 1. The normalized spacial score (nSPS) is 21.1. The van der Waals surface area contributed by atoms with Crippen LogP contribution in [0.4, 0.5) is 0 Å². The van der Waals surface area contributed by atoms with Gasteiger partial charge in [-0.25, -0.2) is 0 Å². The van der Waals surface area contributed by atoms with E-state index in [4.69, 9.17) is 4.74 Å². The zero-order valence-corrected chi connectivity index (χ0v) is 14.5. The second kappa shape index (κ2) is 7.93. The van der Waals surface area contributed by atoms with Crippen molar-refractivity contribution >= 4 is 5.91 Å². The van der Waals surface area contributed by atoms with Gasteiger partial charge in [-0.3, -0.25) is 9.48 Å². The Kier molecular flexibility index (Phi) is 6.18. The van der Waals surface area contributed by atoms with Crippen LogP contribution in [0.25, 0.3) is 0 Å². The SMILES string of the molecule is CCC(CC)n1nc(C)cc1C(=O)NCC1(CCO)CCOC1. The van der Waals surface area contributed by atoms with Crippen molar-refractivity contribution in [1.82, 2.24) is 15.1 Å². The van der Waals surface area contributed by atoms with Crippen LogP contribution in [0.3, 0.4) is 0 Å². The van der Waals surface area contributed by atoms with Gasteiger partial charge < -0.3 is 15.2 Å². The second-order valence-corrected chi connectivity index (χ2v) is 6.54. The van der Waals surface area contributed by atoms with Gasteiger partial charge in [0.1, 0.15) is 5.69 Å². The molecule has 130 valence electrons. The highest BCUT2D eigenvalue weighted by molar-refractivity contribution is 5.92.